The van der Waals surface area contributed by atoms with Crippen molar-refractivity contribution in [3.05, 3.63) is 0 Å². The molecule has 2 aliphatic rings. The molecule has 0 spiro atoms. The van der Waals surface area contributed by atoms with Gasteiger partial charge in [0.25, 0.3) is 0 Å². The van der Waals surface area contributed by atoms with Gasteiger partial charge in [0, 0.05) is 37.8 Å². The summed E-state index contributed by atoms with van der Waals surface area (Å²) in [6.07, 6.45) is 4.16. The Morgan fingerprint density at radius 1 is 1.28 bits per heavy atom. The van der Waals surface area contributed by atoms with E-state index in [1.165, 1.54) is 25.9 Å². The molecule has 0 radical (unpaired) electrons. The zero-order valence-corrected chi connectivity index (χ0v) is 12.5. The van der Waals surface area contributed by atoms with Gasteiger partial charge in [-0.05, 0) is 39.0 Å². The monoisotopic (exact) mass is 254 g/mol. The number of nitrogens with one attached hydrogen (secondary N) is 1. The molecule has 0 aliphatic carbocycles. The fourth-order valence-corrected chi connectivity index (χ4v) is 3.49. The average molecular weight is 254 g/mol. The van der Waals surface area contributed by atoms with Gasteiger partial charge >= 0.3 is 0 Å². The molecule has 2 rings (SSSR count). The quantitative estimate of drug-likeness (QED) is 0.833. The first-order valence-electron chi connectivity index (χ1n) is 7.66. The molecule has 2 saturated heterocycles. The van der Waals surface area contributed by atoms with E-state index in [2.05, 4.69) is 37.9 Å². The van der Waals surface area contributed by atoms with Crippen LogP contribution in [0.5, 0.6) is 0 Å². The zero-order chi connectivity index (χ0) is 13.2. The molecule has 0 amide bonds. The number of rotatable bonds is 4. The molecule has 18 heavy (non-hydrogen) atoms. The normalized spacial score (nSPS) is 37.0. The minimum absolute atomic E-state index is 0.257. The van der Waals surface area contributed by atoms with E-state index in [1.807, 2.05) is 0 Å². The summed E-state index contributed by atoms with van der Waals surface area (Å²) in [4.78, 5) is 2.71. The standard InChI is InChI=1S/C15H30N2O/c1-5-13-9-16-15(3,4)11-17(13)10-12-7-8-18-14(12)6-2/h12-14,16H,5-11H2,1-4H3. The molecule has 2 aliphatic heterocycles. The first-order chi connectivity index (χ1) is 8.55. The summed E-state index contributed by atoms with van der Waals surface area (Å²) in [5.41, 5.74) is 0.257. The Balaban J connectivity index is 1.96. The van der Waals surface area contributed by atoms with Crippen LogP contribution in [-0.4, -0.2) is 48.8 Å². The Labute approximate surface area is 112 Å². The molecule has 0 bridgehead atoms. The van der Waals surface area contributed by atoms with Crippen LogP contribution in [-0.2, 0) is 4.74 Å². The maximum atomic E-state index is 5.83. The average Bonchev–Trinajstić information content (AvgIpc) is 2.75. The Kier molecular flexibility index (Phi) is 4.68. The fraction of sp³-hybridized carbons (Fsp3) is 1.00. The van der Waals surface area contributed by atoms with Gasteiger partial charge in [0.05, 0.1) is 6.10 Å². The van der Waals surface area contributed by atoms with Gasteiger partial charge in [0.1, 0.15) is 0 Å². The predicted octanol–water partition coefficient (Wildman–Crippen LogP) is 2.26. The van der Waals surface area contributed by atoms with Gasteiger partial charge in [-0.2, -0.15) is 0 Å². The van der Waals surface area contributed by atoms with Gasteiger partial charge in [0.2, 0.25) is 0 Å². The number of ether oxygens (including phenoxy) is 1. The summed E-state index contributed by atoms with van der Waals surface area (Å²) in [5, 5.41) is 3.67. The van der Waals surface area contributed by atoms with Gasteiger partial charge in [-0.1, -0.05) is 13.8 Å². The van der Waals surface area contributed by atoms with E-state index < -0.39 is 0 Å². The Bertz CT molecular complexity index is 267. The molecule has 3 heteroatoms. The maximum Gasteiger partial charge on any atom is 0.0613 e. The molecular weight excluding hydrogens is 224 g/mol. The highest BCUT2D eigenvalue weighted by Gasteiger charge is 2.35. The van der Waals surface area contributed by atoms with Crippen LogP contribution < -0.4 is 5.32 Å². The summed E-state index contributed by atoms with van der Waals surface area (Å²) in [5.74, 6) is 0.748. The third kappa shape index (κ3) is 3.25. The summed E-state index contributed by atoms with van der Waals surface area (Å²) < 4.78 is 5.83. The van der Waals surface area contributed by atoms with Crippen LogP contribution in [0.15, 0.2) is 0 Å². The maximum absolute atomic E-state index is 5.83. The van der Waals surface area contributed by atoms with Crippen molar-refractivity contribution >= 4 is 0 Å². The number of hydrogen-bond acceptors (Lipinski definition) is 3. The summed E-state index contributed by atoms with van der Waals surface area (Å²) in [7, 11) is 0. The van der Waals surface area contributed by atoms with Crippen LogP contribution in [0.4, 0.5) is 0 Å². The lowest BCUT2D eigenvalue weighted by molar-refractivity contribution is 0.0431. The second-order valence-corrected chi connectivity index (χ2v) is 6.62. The molecule has 3 unspecified atom stereocenters. The van der Waals surface area contributed by atoms with E-state index in [4.69, 9.17) is 4.74 Å². The van der Waals surface area contributed by atoms with E-state index in [1.54, 1.807) is 0 Å². The second-order valence-electron chi connectivity index (χ2n) is 6.62. The smallest absolute Gasteiger partial charge is 0.0613 e. The van der Waals surface area contributed by atoms with Crippen molar-refractivity contribution in [3.8, 4) is 0 Å². The summed E-state index contributed by atoms with van der Waals surface area (Å²) >= 11 is 0. The zero-order valence-electron chi connectivity index (χ0n) is 12.5. The number of hydrogen-bond donors (Lipinski definition) is 1. The Morgan fingerprint density at radius 2 is 2.06 bits per heavy atom. The second kappa shape index (κ2) is 5.89. The highest BCUT2D eigenvalue weighted by atomic mass is 16.5. The third-order valence-electron chi connectivity index (χ3n) is 4.62. The van der Waals surface area contributed by atoms with Crippen molar-refractivity contribution in [1.29, 1.82) is 0 Å². The van der Waals surface area contributed by atoms with Crippen LogP contribution in [0.1, 0.15) is 47.0 Å². The molecule has 3 atom stereocenters. The topological polar surface area (TPSA) is 24.5 Å². The highest BCUT2D eigenvalue weighted by molar-refractivity contribution is 4.93. The van der Waals surface area contributed by atoms with E-state index in [-0.39, 0.29) is 5.54 Å². The largest absolute Gasteiger partial charge is 0.378 e. The lowest BCUT2D eigenvalue weighted by atomic mass is 9.93. The van der Waals surface area contributed by atoms with Crippen molar-refractivity contribution in [3.63, 3.8) is 0 Å². The van der Waals surface area contributed by atoms with Crippen molar-refractivity contribution in [2.24, 2.45) is 5.92 Å². The van der Waals surface area contributed by atoms with Crippen molar-refractivity contribution in [2.75, 3.05) is 26.2 Å². The lowest BCUT2D eigenvalue weighted by Gasteiger charge is -2.45. The molecule has 0 aromatic rings. The van der Waals surface area contributed by atoms with Crippen LogP contribution in [0.2, 0.25) is 0 Å². The van der Waals surface area contributed by atoms with Gasteiger partial charge in [-0.3, -0.25) is 4.90 Å². The first kappa shape index (κ1) is 14.3. The third-order valence-corrected chi connectivity index (χ3v) is 4.62. The van der Waals surface area contributed by atoms with Gasteiger partial charge < -0.3 is 10.1 Å². The van der Waals surface area contributed by atoms with E-state index in [0.29, 0.717) is 12.1 Å². The van der Waals surface area contributed by atoms with Crippen molar-refractivity contribution in [2.45, 2.75) is 64.6 Å². The SMILES string of the molecule is CCC1OCCC1CN1CC(C)(C)NCC1CC. The fourth-order valence-electron chi connectivity index (χ4n) is 3.49. The number of nitrogens with zero attached hydrogens (tertiary/aromatic N) is 1. The van der Waals surface area contributed by atoms with E-state index >= 15 is 0 Å². The molecule has 2 heterocycles. The van der Waals surface area contributed by atoms with Crippen molar-refractivity contribution < 1.29 is 4.74 Å². The molecule has 0 aromatic heterocycles. The minimum atomic E-state index is 0.257. The molecular formula is C15H30N2O. The molecule has 3 nitrogen and oxygen atoms in total. The van der Waals surface area contributed by atoms with Crippen LogP contribution >= 0.6 is 0 Å². The van der Waals surface area contributed by atoms with Gasteiger partial charge in [-0.15, -0.1) is 0 Å². The molecule has 2 fully saturated rings. The van der Waals surface area contributed by atoms with Gasteiger partial charge in [-0.25, -0.2) is 0 Å². The van der Waals surface area contributed by atoms with E-state index in [9.17, 15) is 0 Å². The van der Waals surface area contributed by atoms with Crippen LogP contribution in [0.25, 0.3) is 0 Å². The summed E-state index contributed by atoms with van der Waals surface area (Å²) in [6, 6.07) is 0.705. The molecule has 106 valence electrons. The minimum Gasteiger partial charge on any atom is -0.378 e. The Morgan fingerprint density at radius 3 is 2.72 bits per heavy atom. The predicted molar refractivity (Wildman–Crippen MR) is 75.9 cm³/mol. The highest BCUT2D eigenvalue weighted by Crippen LogP contribution is 2.27. The summed E-state index contributed by atoms with van der Waals surface area (Å²) in [6.45, 7) is 13.7. The van der Waals surface area contributed by atoms with Crippen molar-refractivity contribution in [1.82, 2.24) is 10.2 Å². The molecule has 1 N–H and O–H groups in total. The molecule has 0 aromatic carbocycles. The van der Waals surface area contributed by atoms with Gasteiger partial charge in [0.15, 0.2) is 0 Å². The van der Waals surface area contributed by atoms with Crippen LogP contribution in [0, 0.1) is 5.92 Å². The molecule has 0 saturated carbocycles. The first-order valence-corrected chi connectivity index (χ1v) is 7.66. The van der Waals surface area contributed by atoms with Crippen LogP contribution in [0.3, 0.4) is 0 Å². The van der Waals surface area contributed by atoms with E-state index in [0.717, 1.165) is 25.5 Å². The number of piperazine rings is 1. The lowest BCUT2D eigenvalue weighted by Crippen LogP contribution is -2.62. The Hall–Kier alpha value is -0.120.